The number of amides is 1. The van der Waals surface area contributed by atoms with E-state index in [4.69, 9.17) is 4.74 Å². The lowest BCUT2D eigenvalue weighted by Gasteiger charge is -2.32. The van der Waals surface area contributed by atoms with Crippen molar-refractivity contribution in [3.05, 3.63) is 65.7 Å². The van der Waals surface area contributed by atoms with Crippen molar-refractivity contribution in [3.63, 3.8) is 0 Å². The Labute approximate surface area is 168 Å². The van der Waals surface area contributed by atoms with Crippen LogP contribution in [-0.2, 0) is 11.2 Å². The van der Waals surface area contributed by atoms with Gasteiger partial charge in [0.15, 0.2) is 0 Å². The van der Waals surface area contributed by atoms with Gasteiger partial charge < -0.3 is 15.0 Å². The molecule has 28 heavy (non-hydrogen) atoms. The van der Waals surface area contributed by atoms with Crippen LogP contribution in [0.5, 0.6) is 5.75 Å². The Bertz CT molecular complexity index is 802. The second-order valence-electron chi connectivity index (χ2n) is 7.43. The normalized spacial score (nSPS) is 17.6. The topological polar surface area (TPSA) is 41.6 Å². The van der Waals surface area contributed by atoms with Gasteiger partial charge in [-0.05, 0) is 74.7 Å². The van der Waals surface area contributed by atoms with Gasteiger partial charge in [0.05, 0.1) is 7.11 Å². The van der Waals surface area contributed by atoms with E-state index in [2.05, 4.69) is 17.3 Å². The number of benzene rings is 2. The van der Waals surface area contributed by atoms with E-state index in [1.54, 1.807) is 13.2 Å². The first-order valence-electron chi connectivity index (χ1n) is 10.1. The third kappa shape index (κ3) is 5.70. The fourth-order valence-electron chi connectivity index (χ4n) is 3.77. The van der Waals surface area contributed by atoms with Crippen LogP contribution in [0.1, 0.15) is 36.8 Å². The van der Waals surface area contributed by atoms with E-state index in [1.165, 1.54) is 25.8 Å². The maximum Gasteiger partial charge on any atom is 0.248 e. The summed E-state index contributed by atoms with van der Waals surface area (Å²) >= 11 is 0. The zero-order valence-corrected chi connectivity index (χ0v) is 16.9. The van der Waals surface area contributed by atoms with Crippen LogP contribution in [0.4, 0.5) is 5.69 Å². The molecule has 0 radical (unpaired) electrons. The first kappa shape index (κ1) is 20.2. The number of carbonyl (C=O) groups is 1. The number of hydrogen-bond donors (Lipinski definition) is 1. The predicted octanol–water partition coefficient (Wildman–Crippen LogP) is 4.76. The minimum atomic E-state index is -0.120. The van der Waals surface area contributed by atoms with Crippen molar-refractivity contribution < 1.29 is 9.53 Å². The highest BCUT2D eigenvalue weighted by Crippen LogP contribution is 2.26. The van der Waals surface area contributed by atoms with Crippen LogP contribution >= 0.6 is 0 Å². The van der Waals surface area contributed by atoms with Gasteiger partial charge in [-0.2, -0.15) is 0 Å². The average Bonchev–Trinajstić information content (AvgIpc) is 2.73. The Hall–Kier alpha value is -2.59. The zero-order chi connectivity index (χ0) is 19.8. The van der Waals surface area contributed by atoms with Crippen molar-refractivity contribution in [2.24, 2.45) is 0 Å². The average molecular weight is 379 g/mol. The summed E-state index contributed by atoms with van der Waals surface area (Å²) in [5.74, 6) is 0.704. The lowest BCUT2D eigenvalue weighted by molar-refractivity contribution is -0.111. The molecule has 0 aliphatic carbocycles. The van der Waals surface area contributed by atoms with Gasteiger partial charge in [0, 0.05) is 17.8 Å². The molecule has 0 aromatic heterocycles. The van der Waals surface area contributed by atoms with E-state index in [9.17, 15) is 4.79 Å². The summed E-state index contributed by atoms with van der Waals surface area (Å²) in [7, 11) is 3.89. The third-order valence-corrected chi connectivity index (χ3v) is 5.47. The maximum atomic E-state index is 12.4. The largest absolute Gasteiger partial charge is 0.497 e. The molecule has 1 atom stereocenters. The Morgan fingerprint density at radius 2 is 2.04 bits per heavy atom. The molecule has 0 bridgehead atoms. The lowest BCUT2D eigenvalue weighted by atomic mass is 9.95. The number of nitrogens with one attached hydrogen (secondary N) is 1. The van der Waals surface area contributed by atoms with Gasteiger partial charge in [-0.15, -0.1) is 0 Å². The van der Waals surface area contributed by atoms with E-state index in [1.807, 2.05) is 54.6 Å². The highest BCUT2D eigenvalue weighted by atomic mass is 16.5. The molecule has 0 spiro atoms. The molecular formula is C24H30N2O2. The molecule has 2 aromatic carbocycles. The number of rotatable bonds is 7. The number of anilines is 1. The summed E-state index contributed by atoms with van der Waals surface area (Å²) in [6, 6.07) is 16.3. The molecular weight excluding hydrogens is 348 g/mol. The van der Waals surface area contributed by atoms with Crippen LogP contribution in [0.2, 0.25) is 0 Å². The Morgan fingerprint density at radius 3 is 2.79 bits per heavy atom. The van der Waals surface area contributed by atoms with Crippen LogP contribution in [-0.4, -0.2) is 37.6 Å². The number of likely N-dealkylation sites (tertiary alicyclic amines) is 1. The van der Waals surface area contributed by atoms with Crippen molar-refractivity contribution in [2.75, 3.05) is 26.0 Å². The van der Waals surface area contributed by atoms with Crippen molar-refractivity contribution in [3.8, 4) is 5.75 Å². The van der Waals surface area contributed by atoms with E-state index in [0.717, 1.165) is 35.4 Å². The zero-order valence-electron chi connectivity index (χ0n) is 16.9. The Kier molecular flexibility index (Phi) is 7.26. The van der Waals surface area contributed by atoms with E-state index in [-0.39, 0.29) is 5.91 Å². The highest BCUT2D eigenvalue weighted by molar-refractivity contribution is 6.02. The molecule has 1 amide bonds. The van der Waals surface area contributed by atoms with Gasteiger partial charge in [0.2, 0.25) is 5.91 Å². The summed E-state index contributed by atoms with van der Waals surface area (Å²) in [4.78, 5) is 14.9. The molecule has 1 heterocycles. The SMILES string of the molecule is COc1ccc(NC(=O)C=Cc2ccccc2)c(CCC2CCCCN2C)c1. The van der Waals surface area contributed by atoms with Gasteiger partial charge in [0.25, 0.3) is 0 Å². The smallest absolute Gasteiger partial charge is 0.248 e. The molecule has 148 valence electrons. The van der Waals surface area contributed by atoms with Crippen molar-refractivity contribution >= 4 is 17.7 Å². The predicted molar refractivity (Wildman–Crippen MR) is 116 cm³/mol. The van der Waals surface area contributed by atoms with Crippen LogP contribution in [0.25, 0.3) is 6.08 Å². The summed E-state index contributed by atoms with van der Waals surface area (Å²) in [6.45, 7) is 1.18. The van der Waals surface area contributed by atoms with E-state index >= 15 is 0 Å². The highest BCUT2D eigenvalue weighted by Gasteiger charge is 2.19. The summed E-state index contributed by atoms with van der Waals surface area (Å²) in [6.07, 6.45) is 9.27. The van der Waals surface area contributed by atoms with Gasteiger partial charge in [-0.25, -0.2) is 0 Å². The molecule has 1 N–H and O–H groups in total. The number of methoxy groups -OCH3 is 1. The minimum Gasteiger partial charge on any atom is -0.497 e. The number of nitrogens with zero attached hydrogens (tertiary/aromatic N) is 1. The molecule has 4 heteroatoms. The fraction of sp³-hybridized carbons (Fsp3) is 0.375. The van der Waals surface area contributed by atoms with E-state index < -0.39 is 0 Å². The van der Waals surface area contributed by atoms with Gasteiger partial charge in [-0.3, -0.25) is 4.79 Å². The Balaban J connectivity index is 1.67. The van der Waals surface area contributed by atoms with Crippen LogP contribution < -0.4 is 10.1 Å². The summed E-state index contributed by atoms with van der Waals surface area (Å²) in [5.41, 5.74) is 3.00. The summed E-state index contributed by atoms with van der Waals surface area (Å²) in [5, 5.41) is 3.04. The van der Waals surface area contributed by atoms with Gasteiger partial charge >= 0.3 is 0 Å². The number of carbonyl (C=O) groups excluding carboxylic acids is 1. The second kappa shape index (κ2) is 10.1. The monoisotopic (exact) mass is 378 g/mol. The van der Waals surface area contributed by atoms with E-state index in [0.29, 0.717) is 6.04 Å². The number of aryl methyl sites for hydroxylation is 1. The molecule has 1 fully saturated rings. The molecule has 1 saturated heterocycles. The first-order valence-corrected chi connectivity index (χ1v) is 10.1. The molecule has 1 aliphatic rings. The van der Waals surface area contributed by atoms with Crippen LogP contribution in [0.3, 0.4) is 0 Å². The van der Waals surface area contributed by atoms with Crippen molar-refractivity contribution in [1.82, 2.24) is 4.90 Å². The molecule has 0 saturated carbocycles. The lowest BCUT2D eigenvalue weighted by Crippen LogP contribution is -2.36. The molecule has 2 aromatic rings. The second-order valence-corrected chi connectivity index (χ2v) is 7.43. The number of ether oxygens (including phenoxy) is 1. The number of piperidine rings is 1. The van der Waals surface area contributed by atoms with Crippen LogP contribution in [0.15, 0.2) is 54.6 Å². The number of hydrogen-bond acceptors (Lipinski definition) is 3. The minimum absolute atomic E-state index is 0.120. The van der Waals surface area contributed by atoms with Gasteiger partial charge in [-0.1, -0.05) is 36.8 Å². The van der Waals surface area contributed by atoms with Crippen LogP contribution in [0, 0.1) is 0 Å². The molecule has 1 unspecified atom stereocenters. The maximum absolute atomic E-state index is 12.4. The third-order valence-electron chi connectivity index (χ3n) is 5.47. The molecule has 4 nitrogen and oxygen atoms in total. The molecule has 1 aliphatic heterocycles. The molecule has 3 rings (SSSR count). The first-order chi connectivity index (χ1) is 13.7. The van der Waals surface area contributed by atoms with Gasteiger partial charge in [0.1, 0.15) is 5.75 Å². The standard InChI is InChI=1S/C24H30N2O2/c1-26-17-7-6-10-21(26)13-12-20-18-22(28-2)14-15-23(20)25-24(27)16-11-19-8-4-3-5-9-19/h3-5,8-9,11,14-16,18,21H,6-7,10,12-13,17H2,1-2H3,(H,25,27). The Morgan fingerprint density at radius 1 is 1.21 bits per heavy atom. The fourth-order valence-corrected chi connectivity index (χ4v) is 3.77. The van der Waals surface area contributed by atoms with Crippen molar-refractivity contribution in [2.45, 2.75) is 38.1 Å². The quantitative estimate of drug-likeness (QED) is 0.706. The summed E-state index contributed by atoms with van der Waals surface area (Å²) < 4.78 is 5.40. The van der Waals surface area contributed by atoms with Crippen molar-refractivity contribution in [1.29, 1.82) is 0 Å².